The SMILES string of the molecule is COc1cccc(CC(=O)N2CCN(c3ccc(F)cn3)CC2)n1. The Morgan fingerprint density at radius 2 is 2.00 bits per heavy atom. The first kappa shape index (κ1) is 16.2. The summed E-state index contributed by atoms with van der Waals surface area (Å²) in [4.78, 5) is 24.6. The van der Waals surface area contributed by atoms with Crippen molar-refractivity contribution in [2.45, 2.75) is 6.42 Å². The van der Waals surface area contributed by atoms with Crippen LogP contribution in [0.25, 0.3) is 0 Å². The molecule has 126 valence electrons. The van der Waals surface area contributed by atoms with Crippen LogP contribution in [0.2, 0.25) is 0 Å². The van der Waals surface area contributed by atoms with Crippen LogP contribution in [-0.4, -0.2) is 54.1 Å². The van der Waals surface area contributed by atoms with Gasteiger partial charge in [-0.2, -0.15) is 0 Å². The number of methoxy groups -OCH3 is 1. The molecule has 1 saturated heterocycles. The van der Waals surface area contributed by atoms with Crippen LogP contribution < -0.4 is 9.64 Å². The Morgan fingerprint density at radius 1 is 1.21 bits per heavy atom. The highest BCUT2D eigenvalue weighted by Crippen LogP contribution is 2.15. The number of ether oxygens (including phenoxy) is 1. The number of aromatic nitrogens is 2. The zero-order valence-electron chi connectivity index (χ0n) is 13.5. The number of hydrogen-bond donors (Lipinski definition) is 0. The van der Waals surface area contributed by atoms with E-state index in [-0.39, 0.29) is 18.1 Å². The van der Waals surface area contributed by atoms with Gasteiger partial charge in [0.15, 0.2) is 0 Å². The van der Waals surface area contributed by atoms with Gasteiger partial charge in [0.05, 0.1) is 25.4 Å². The van der Waals surface area contributed by atoms with Crippen LogP contribution >= 0.6 is 0 Å². The van der Waals surface area contributed by atoms with Crippen LogP contribution in [0.15, 0.2) is 36.5 Å². The fourth-order valence-electron chi connectivity index (χ4n) is 2.68. The van der Waals surface area contributed by atoms with E-state index in [2.05, 4.69) is 9.97 Å². The molecule has 0 spiro atoms. The lowest BCUT2D eigenvalue weighted by atomic mass is 10.2. The summed E-state index contributed by atoms with van der Waals surface area (Å²) >= 11 is 0. The molecule has 3 heterocycles. The summed E-state index contributed by atoms with van der Waals surface area (Å²) in [5, 5.41) is 0. The van der Waals surface area contributed by atoms with Gasteiger partial charge in [-0.05, 0) is 18.2 Å². The standard InChI is InChI=1S/C17H19FN4O2/c1-24-16-4-2-3-14(20-16)11-17(23)22-9-7-21(8-10-22)15-6-5-13(18)12-19-15/h2-6,12H,7-11H2,1H3. The second kappa shape index (κ2) is 7.25. The van der Waals surface area contributed by atoms with Gasteiger partial charge < -0.3 is 14.5 Å². The molecule has 1 aliphatic heterocycles. The highest BCUT2D eigenvalue weighted by molar-refractivity contribution is 5.78. The van der Waals surface area contributed by atoms with Gasteiger partial charge in [-0.1, -0.05) is 6.07 Å². The maximum Gasteiger partial charge on any atom is 0.228 e. The molecule has 2 aromatic rings. The second-order valence-electron chi connectivity index (χ2n) is 5.55. The number of anilines is 1. The topological polar surface area (TPSA) is 58.6 Å². The Morgan fingerprint density at radius 3 is 2.67 bits per heavy atom. The third-order valence-corrected chi connectivity index (χ3v) is 3.99. The molecule has 7 heteroatoms. The van der Waals surface area contributed by atoms with Crippen molar-refractivity contribution in [2.75, 3.05) is 38.2 Å². The Hall–Kier alpha value is -2.70. The fourth-order valence-corrected chi connectivity index (χ4v) is 2.68. The van der Waals surface area contributed by atoms with Crippen molar-refractivity contribution in [1.29, 1.82) is 0 Å². The van der Waals surface area contributed by atoms with E-state index in [1.54, 1.807) is 19.2 Å². The highest BCUT2D eigenvalue weighted by Gasteiger charge is 2.22. The molecule has 1 aliphatic rings. The Kier molecular flexibility index (Phi) is 4.88. The molecule has 0 atom stereocenters. The molecule has 0 radical (unpaired) electrons. The van der Waals surface area contributed by atoms with Crippen molar-refractivity contribution in [2.24, 2.45) is 0 Å². The highest BCUT2D eigenvalue weighted by atomic mass is 19.1. The summed E-state index contributed by atoms with van der Waals surface area (Å²) in [6, 6.07) is 8.45. The van der Waals surface area contributed by atoms with E-state index in [1.807, 2.05) is 21.9 Å². The quantitative estimate of drug-likeness (QED) is 0.851. The predicted octanol–water partition coefficient (Wildman–Crippen LogP) is 1.52. The summed E-state index contributed by atoms with van der Waals surface area (Å²) in [5.74, 6) is 0.936. The molecule has 0 bridgehead atoms. The Balaban J connectivity index is 1.55. The summed E-state index contributed by atoms with van der Waals surface area (Å²) in [7, 11) is 1.55. The molecule has 0 aromatic carbocycles. The van der Waals surface area contributed by atoms with E-state index in [0.717, 1.165) is 5.82 Å². The van der Waals surface area contributed by atoms with E-state index in [0.29, 0.717) is 37.8 Å². The molecule has 0 saturated carbocycles. The van der Waals surface area contributed by atoms with E-state index < -0.39 is 0 Å². The van der Waals surface area contributed by atoms with Crippen LogP contribution in [0, 0.1) is 5.82 Å². The van der Waals surface area contributed by atoms with Gasteiger partial charge in [0.25, 0.3) is 0 Å². The number of carbonyl (C=O) groups excluding carboxylic acids is 1. The summed E-state index contributed by atoms with van der Waals surface area (Å²) in [5.41, 5.74) is 0.696. The van der Waals surface area contributed by atoms with Crippen LogP contribution in [0.1, 0.15) is 5.69 Å². The van der Waals surface area contributed by atoms with Gasteiger partial charge in [-0.25, -0.2) is 14.4 Å². The van der Waals surface area contributed by atoms with Crippen molar-refractivity contribution in [3.63, 3.8) is 0 Å². The van der Waals surface area contributed by atoms with Crippen LogP contribution in [0.5, 0.6) is 5.88 Å². The second-order valence-corrected chi connectivity index (χ2v) is 5.55. The number of carbonyl (C=O) groups is 1. The monoisotopic (exact) mass is 330 g/mol. The number of nitrogens with zero attached hydrogens (tertiary/aromatic N) is 4. The lowest BCUT2D eigenvalue weighted by molar-refractivity contribution is -0.130. The van der Waals surface area contributed by atoms with Crippen LogP contribution in [0.3, 0.4) is 0 Å². The van der Waals surface area contributed by atoms with Crippen LogP contribution in [0.4, 0.5) is 10.2 Å². The first-order valence-corrected chi connectivity index (χ1v) is 7.80. The third kappa shape index (κ3) is 3.79. The smallest absolute Gasteiger partial charge is 0.228 e. The molecule has 6 nitrogen and oxygen atoms in total. The first-order chi connectivity index (χ1) is 11.7. The molecule has 0 unspecified atom stereocenters. The molecular weight excluding hydrogens is 311 g/mol. The molecule has 0 aliphatic carbocycles. The van der Waals surface area contributed by atoms with Gasteiger partial charge >= 0.3 is 0 Å². The minimum absolute atomic E-state index is 0.0440. The number of halogens is 1. The number of amides is 1. The average Bonchev–Trinajstić information content (AvgIpc) is 2.62. The summed E-state index contributed by atoms with van der Waals surface area (Å²) < 4.78 is 18.0. The lowest BCUT2D eigenvalue weighted by Gasteiger charge is -2.35. The zero-order valence-corrected chi connectivity index (χ0v) is 13.5. The molecule has 0 N–H and O–H groups in total. The predicted molar refractivity (Wildman–Crippen MR) is 87.5 cm³/mol. The Labute approximate surface area is 139 Å². The van der Waals surface area contributed by atoms with E-state index >= 15 is 0 Å². The normalized spacial score (nSPS) is 14.6. The number of pyridine rings is 2. The van der Waals surface area contributed by atoms with Gasteiger partial charge in [-0.3, -0.25) is 4.79 Å². The van der Waals surface area contributed by atoms with E-state index in [1.165, 1.54) is 12.3 Å². The number of piperazine rings is 1. The van der Waals surface area contributed by atoms with Gasteiger partial charge in [0.2, 0.25) is 11.8 Å². The van der Waals surface area contributed by atoms with Gasteiger partial charge in [0, 0.05) is 32.2 Å². The molecule has 24 heavy (non-hydrogen) atoms. The van der Waals surface area contributed by atoms with Crippen molar-refractivity contribution in [3.05, 3.63) is 48.0 Å². The molecular formula is C17H19FN4O2. The lowest BCUT2D eigenvalue weighted by Crippen LogP contribution is -2.49. The summed E-state index contributed by atoms with van der Waals surface area (Å²) in [6.07, 6.45) is 1.47. The molecule has 3 rings (SSSR count). The molecule has 1 fully saturated rings. The summed E-state index contributed by atoms with van der Waals surface area (Å²) in [6.45, 7) is 2.58. The van der Waals surface area contributed by atoms with E-state index in [9.17, 15) is 9.18 Å². The van der Waals surface area contributed by atoms with Crippen molar-refractivity contribution in [3.8, 4) is 5.88 Å². The molecule has 1 amide bonds. The van der Waals surface area contributed by atoms with Crippen molar-refractivity contribution < 1.29 is 13.9 Å². The maximum atomic E-state index is 12.9. The number of rotatable bonds is 4. The number of hydrogen-bond acceptors (Lipinski definition) is 5. The van der Waals surface area contributed by atoms with Gasteiger partial charge in [0.1, 0.15) is 11.6 Å². The average molecular weight is 330 g/mol. The molecule has 2 aromatic heterocycles. The van der Waals surface area contributed by atoms with Gasteiger partial charge in [-0.15, -0.1) is 0 Å². The maximum absolute atomic E-state index is 12.9. The van der Waals surface area contributed by atoms with Crippen molar-refractivity contribution >= 4 is 11.7 Å². The minimum atomic E-state index is -0.349. The third-order valence-electron chi connectivity index (χ3n) is 3.99. The van der Waals surface area contributed by atoms with Crippen molar-refractivity contribution in [1.82, 2.24) is 14.9 Å². The first-order valence-electron chi connectivity index (χ1n) is 7.80. The fraction of sp³-hybridized carbons (Fsp3) is 0.353. The van der Waals surface area contributed by atoms with E-state index in [4.69, 9.17) is 4.74 Å². The minimum Gasteiger partial charge on any atom is -0.481 e. The zero-order chi connectivity index (χ0) is 16.9. The van der Waals surface area contributed by atoms with Crippen LogP contribution in [-0.2, 0) is 11.2 Å². The Bertz CT molecular complexity index is 700. The largest absolute Gasteiger partial charge is 0.481 e.